The van der Waals surface area contributed by atoms with Crippen LogP contribution in [0.4, 0.5) is 0 Å². The third kappa shape index (κ3) is 1.64. The second kappa shape index (κ2) is 4.23. The van der Waals surface area contributed by atoms with E-state index < -0.39 is 0 Å². The van der Waals surface area contributed by atoms with Crippen molar-refractivity contribution < 1.29 is 14.3 Å². The van der Waals surface area contributed by atoms with Crippen LogP contribution in [0, 0.1) is 5.92 Å². The zero-order valence-corrected chi connectivity index (χ0v) is 11.1. The van der Waals surface area contributed by atoms with Gasteiger partial charge in [-0.2, -0.15) is 0 Å². The zero-order chi connectivity index (χ0) is 12.8. The Morgan fingerprint density at radius 1 is 1.56 bits per heavy atom. The average Bonchev–Trinajstić information content (AvgIpc) is 2.69. The molecule has 2 aliphatic heterocycles. The van der Waals surface area contributed by atoms with E-state index in [1.54, 1.807) is 0 Å². The number of esters is 1. The van der Waals surface area contributed by atoms with Crippen LogP contribution in [0.3, 0.4) is 0 Å². The first-order valence-electron chi connectivity index (χ1n) is 6.95. The van der Waals surface area contributed by atoms with Crippen molar-refractivity contribution in [1.29, 1.82) is 0 Å². The molecule has 1 fully saturated rings. The molecule has 1 saturated carbocycles. The predicted octanol–water partition coefficient (Wildman–Crippen LogP) is 3.11. The van der Waals surface area contributed by atoms with E-state index in [0.717, 1.165) is 25.0 Å². The van der Waals surface area contributed by atoms with Crippen molar-refractivity contribution in [2.24, 2.45) is 5.92 Å². The maximum atomic E-state index is 11.4. The molecule has 0 amide bonds. The highest BCUT2D eigenvalue weighted by molar-refractivity contribution is 5.68. The predicted molar refractivity (Wildman–Crippen MR) is 67.8 cm³/mol. The van der Waals surface area contributed by atoms with Gasteiger partial charge in [-0.1, -0.05) is 13.0 Å². The molecule has 3 rings (SSSR count). The first-order valence-corrected chi connectivity index (χ1v) is 6.95. The highest BCUT2D eigenvalue weighted by Crippen LogP contribution is 2.51. The minimum absolute atomic E-state index is 0.0891. The van der Waals surface area contributed by atoms with E-state index in [0.29, 0.717) is 0 Å². The van der Waals surface area contributed by atoms with Crippen LogP contribution in [-0.2, 0) is 14.3 Å². The summed E-state index contributed by atoms with van der Waals surface area (Å²) in [6, 6.07) is 0. The minimum atomic E-state index is -0.251. The molecule has 98 valence electrons. The van der Waals surface area contributed by atoms with Gasteiger partial charge in [-0.3, -0.25) is 4.79 Å². The van der Waals surface area contributed by atoms with E-state index in [2.05, 4.69) is 19.1 Å². The lowest BCUT2D eigenvalue weighted by Crippen LogP contribution is -2.43. The molecular formula is C15H20O3. The summed E-state index contributed by atoms with van der Waals surface area (Å²) in [6.07, 6.45) is 9.77. The fourth-order valence-corrected chi connectivity index (χ4v) is 3.57. The highest BCUT2D eigenvalue weighted by atomic mass is 16.6. The van der Waals surface area contributed by atoms with Crippen molar-refractivity contribution in [3.8, 4) is 0 Å². The molecular weight excluding hydrogens is 228 g/mol. The molecule has 0 saturated heterocycles. The summed E-state index contributed by atoms with van der Waals surface area (Å²) in [7, 11) is 0. The van der Waals surface area contributed by atoms with Crippen LogP contribution in [0.2, 0.25) is 0 Å². The van der Waals surface area contributed by atoms with Crippen LogP contribution in [0.1, 0.15) is 46.0 Å². The molecule has 0 aromatic rings. The lowest BCUT2D eigenvalue weighted by molar-refractivity contribution is -0.141. The summed E-state index contributed by atoms with van der Waals surface area (Å²) in [4.78, 5) is 11.4. The molecule has 3 atom stereocenters. The summed E-state index contributed by atoms with van der Waals surface area (Å²) in [5.41, 5.74) is 0.972. The van der Waals surface area contributed by atoms with E-state index in [-0.39, 0.29) is 23.6 Å². The maximum Gasteiger partial charge on any atom is 0.307 e. The topological polar surface area (TPSA) is 35.5 Å². The van der Waals surface area contributed by atoms with Gasteiger partial charge in [0.15, 0.2) is 0 Å². The molecule has 18 heavy (non-hydrogen) atoms. The third-order valence-electron chi connectivity index (χ3n) is 4.36. The molecule has 0 N–H and O–H groups in total. The molecule has 0 unspecified atom stereocenters. The van der Waals surface area contributed by atoms with E-state index in [1.807, 2.05) is 0 Å². The Morgan fingerprint density at radius 2 is 2.39 bits per heavy atom. The number of fused-ring (bicyclic) bond motifs is 1. The minimum Gasteiger partial charge on any atom is -0.431 e. The van der Waals surface area contributed by atoms with Crippen molar-refractivity contribution in [2.75, 3.05) is 0 Å². The molecule has 1 spiro atoms. The van der Waals surface area contributed by atoms with Crippen molar-refractivity contribution in [2.45, 2.75) is 57.7 Å². The Hall–Kier alpha value is -1.09. The van der Waals surface area contributed by atoms with Crippen LogP contribution >= 0.6 is 0 Å². The Morgan fingerprint density at radius 3 is 3.11 bits per heavy atom. The number of carbonyl (C=O) groups is 1. The molecule has 1 aliphatic carbocycles. The number of rotatable bonds is 2. The van der Waals surface area contributed by atoms with Crippen molar-refractivity contribution in [3.05, 3.63) is 23.5 Å². The van der Waals surface area contributed by atoms with E-state index in [9.17, 15) is 4.79 Å². The monoisotopic (exact) mass is 248 g/mol. The number of hydrogen-bond donors (Lipinski definition) is 0. The summed E-state index contributed by atoms with van der Waals surface area (Å²) >= 11 is 0. The van der Waals surface area contributed by atoms with Gasteiger partial charge in [0.05, 0.1) is 6.10 Å². The number of ether oxygens (including phenoxy) is 2. The summed E-state index contributed by atoms with van der Waals surface area (Å²) in [5.74, 6) is 0.901. The molecule has 0 aromatic carbocycles. The van der Waals surface area contributed by atoms with Gasteiger partial charge in [0.2, 0.25) is 0 Å². The van der Waals surface area contributed by atoms with Crippen LogP contribution in [0.25, 0.3) is 0 Å². The second-order valence-electron chi connectivity index (χ2n) is 5.49. The van der Waals surface area contributed by atoms with Gasteiger partial charge in [-0.15, -0.1) is 0 Å². The number of carbonyl (C=O) groups excluding carboxylic acids is 1. The fraction of sp³-hybridized carbons (Fsp3) is 0.667. The van der Waals surface area contributed by atoms with Crippen molar-refractivity contribution in [1.82, 2.24) is 0 Å². The first kappa shape index (κ1) is 12.0. The van der Waals surface area contributed by atoms with Gasteiger partial charge < -0.3 is 9.47 Å². The Balaban J connectivity index is 2.06. The average molecular weight is 248 g/mol. The van der Waals surface area contributed by atoms with Gasteiger partial charge in [-0.25, -0.2) is 0 Å². The molecule has 3 heteroatoms. The molecule has 3 aliphatic rings. The Labute approximate surface area is 108 Å². The first-order chi connectivity index (χ1) is 8.66. The maximum absolute atomic E-state index is 11.4. The highest BCUT2D eigenvalue weighted by Gasteiger charge is 2.50. The Bertz CT molecular complexity index is 435. The van der Waals surface area contributed by atoms with Gasteiger partial charge in [0.1, 0.15) is 11.4 Å². The summed E-state index contributed by atoms with van der Waals surface area (Å²) in [5, 5.41) is 0. The fourth-order valence-electron chi connectivity index (χ4n) is 3.57. The third-order valence-corrected chi connectivity index (χ3v) is 4.36. The molecule has 3 nitrogen and oxygen atoms in total. The SMILES string of the molecule is CC[C@@H]1C(OC(C)=O)=C2CCCC[C@]23C=C[C@H]1O3. The molecule has 0 radical (unpaired) electrons. The quantitative estimate of drug-likeness (QED) is 0.556. The van der Waals surface area contributed by atoms with Crippen molar-refractivity contribution in [3.63, 3.8) is 0 Å². The van der Waals surface area contributed by atoms with Gasteiger partial charge in [-0.05, 0) is 38.2 Å². The van der Waals surface area contributed by atoms with Gasteiger partial charge in [0.25, 0.3) is 0 Å². The van der Waals surface area contributed by atoms with Crippen LogP contribution in [0.5, 0.6) is 0 Å². The van der Waals surface area contributed by atoms with E-state index in [4.69, 9.17) is 9.47 Å². The molecule has 0 aromatic heterocycles. The van der Waals surface area contributed by atoms with Crippen LogP contribution in [-0.4, -0.2) is 17.7 Å². The zero-order valence-electron chi connectivity index (χ0n) is 11.1. The lowest BCUT2D eigenvalue weighted by atomic mass is 9.77. The lowest BCUT2D eigenvalue weighted by Gasteiger charge is -2.43. The summed E-state index contributed by atoms with van der Waals surface area (Å²) in [6.45, 7) is 3.61. The molecule has 2 bridgehead atoms. The normalized spacial score (nSPS) is 37.7. The molecule has 2 heterocycles. The Kier molecular flexibility index (Phi) is 2.81. The van der Waals surface area contributed by atoms with Gasteiger partial charge in [0, 0.05) is 18.4 Å². The second-order valence-corrected chi connectivity index (χ2v) is 5.49. The smallest absolute Gasteiger partial charge is 0.307 e. The van der Waals surface area contributed by atoms with Crippen molar-refractivity contribution >= 4 is 5.97 Å². The summed E-state index contributed by atoms with van der Waals surface area (Å²) < 4.78 is 11.8. The van der Waals surface area contributed by atoms with E-state index in [1.165, 1.54) is 25.3 Å². The van der Waals surface area contributed by atoms with Crippen LogP contribution in [0.15, 0.2) is 23.5 Å². The largest absolute Gasteiger partial charge is 0.431 e. The van der Waals surface area contributed by atoms with E-state index >= 15 is 0 Å². The standard InChI is InChI=1S/C15H20O3/c1-3-11-13-7-9-15(18-13)8-5-4-6-12(15)14(11)17-10(2)16/h7,9,11,13H,3-6,8H2,1-2H3/t11-,13+,15-/m0/s1. The van der Waals surface area contributed by atoms with Gasteiger partial charge >= 0.3 is 5.97 Å². The number of hydrogen-bond acceptors (Lipinski definition) is 3. The van der Waals surface area contributed by atoms with Crippen LogP contribution < -0.4 is 0 Å².